The number of hydrogen-bond donors (Lipinski definition) is 0. The van der Waals surface area contributed by atoms with Crippen molar-refractivity contribution in [3.8, 4) is 0 Å². The maximum Gasteiger partial charge on any atom is 0.305 e. The number of aryl methyl sites for hydroxylation is 1. The molecular formula is C18H26O4. The lowest BCUT2D eigenvalue weighted by molar-refractivity contribution is -0.145. The highest BCUT2D eigenvalue weighted by Crippen LogP contribution is 2.04. The molecule has 1 aromatic carbocycles. The van der Waals surface area contributed by atoms with Crippen molar-refractivity contribution in [3.05, 3.63) is 35.9 Å². The Morgan fingerprint density at radius 3 is 2.05 bits per heavy atom. The first-order valence-electron chi connectivity index (χ1n) is 8.07. The lowest BCUT2D eigenvalue weighted by atomic mass is 10.1. The number of esters is 2. The minimum atomic E-state index is -0.241. The molecule has 22 heavy (non-hydrogen) atoms. The van der Waals surface area contributed by atoms with Crippen molar-refractivity contribution >= 4 is 11.9 Å². The van der Waals surface area contributed by atoms with E-state index in [1.807, 2.05) is 25.1 Å². The van der Waals surface area contributed by atoms with Gasteiger partial charge in [-0.2, -0.15) is 0 Å². The minimum absolute atomic E-state index is 0.231. The van der Waals surface area contributed by atoms with E-state index in [1.54, 1.807) is 0 Å². The van der Waals surface area contributed by atoms with Gasteiger partial charge < -0.3 is 9.47 Å². The molecule has 0 N–H and O–H groups in total. The van der Waals surface area contributed by atoms with Crippen molar-refractivity contribution in [1.29, 1.82) is 0 Å². The van der Waals surface area contributed by atoms with Crippen LogP contribution < -0.4 is 0 Å². The molecule has 4 heteroatoms. The van der Waals surface area contributed by atoms with Crippen LogP contribution in [-0.4, -0.2) is 25.2 Å². The molecule has 1 aromatic rings. The molecule has 0 spiro atoms. The number of unbranched alkanes of at least 4 members (excludes halogenated alkanes) is 1. The number of ether oxygens (including phenoxy) is 2. The lowest BCUT2D eigenvalue weighted by Gasteiger charge is -2.05. The Morgan fingerprint density at radius 1 is 0.864 bits per heavy atom. The van der Waals surface area contributed by atoms with Gasteiger partial charge in [-0.3, -0.25) is 9.59 Å². The summed E-state index contributed by atoms with van der Waals surface area (Å²) in [6, 6.07) is 10.1. The molecule has 0 saturated carbocycles. The van der Waals surface area contributed by atoms with Crippen molar-refractivity contribution < 1.29 is 19.1 Å². The molecular weight excluding hydrogens is 280 g/mol. The summed E-state index contributed by atoms with van der Waals surface area (Å²) in [6.45, 7) is 2.94. The molecule has 0 atom stereocenters. The van der Waals surface area contributed by atoms with Gasteiger partial charge in [0.2, 0.25) is 0 Å². The van der Waals surface area contributed by atoms with Gasteiger partial charge >= 0.3 is 11.9 Å². The lowest BCUT2D eigenvalue weighted by Crippen LogP contribution is -2.09. The first-order valence-corrected chi connectivity index (χ1v) is 8.07. The standard InChI is InChI=1S/C18H26O4/c1-2-3-14-21-17(19)12-7-13-18(20)22-15-8-11-16-9-5-4-6-10-16/h4-6,9-10H,2-3,7-8,11-15H2,1H3. The van der Waals surface area contributed by atoms with Crippen molar-refractivity contribution in [2.24, 2.45) is 0 Å². The van der Waals surface area contributed by atoms with E-state index in [-0.39, 0.29) is 24.8 Å². The van der Waals surface area contributed by atoms with Gasteiger partial charge in [0.1, 0.15) is 0 Å². The topological polar surface area (TPSA) is 52.6 Å². The Kier molecular flexibility index (Phi) is 9.75. The third-order valence-corrected chi connectivity index (χ3v) is 3.24. The summed E-state index contributed by atoms with van der Waals surface area (Å²) >= 11 is 0. The number of carbonyl (C=O) groups is 2. The first kappa shape index (κ1) is 18.2. The van der Waals surface area contributed by atoms with E-state index in [9.17, 15) is 9.59 Å². The van der Waals surface area contributed by atoms with Crippen LogP contribution in [0.4, 0.5) is 0 Å². The summed E-state index contributed by atoms with van der Waals surface area (Å²) in [7, 11) is 0. The largest absolute Gasteiger partial charge is 0.466 e. The van der Waals surface area contributed by atoms with E-state index >= 15 is 0 Å². The first-order chi connectivity index (χ1) is 10.7. The molecule has 122 valence electrons. The Hall–Kier alpha value is -1.84. The SMILES string of the molecule is CCCCOC(=O)CCCC(=O)OCCCc1ccccc1. The summed E-state index contributed by atoms with van der Waals surface area (Å²) < 4.78 is 10.2. The number of carbonyl (C=O) groups excluding carboxylic acids is 2. The van der Waals surface area contributed by atoms with E-state index in [0.29, 0.717) is 19.6 Å². The molecule has 0 radical (unpaired) electrons. The maximum atomic E-state index is 11.5. The zero-order chi connectivity index (χ0) is 16.0. The Labute approximate surface area is 132 Å². The van der Waals surface area contributed by atoms with E-state index in [4.69, 9.17) is 9.47 Å². The summed E-state index contributed by atoms with van der Waals surface area (Å²) in [5.41, 5.74) is 1.24. The van der Waals surface area contributed by atoms with Gasteiger partial charge in [-0.25, -0.2) is 0 Å². The average Bonchev–Trinajstić information content (AvgIpc) is 2.53. The van der Waals surface area contributed by atoms with Crippen LogP contribution >= 0.6 is 0 Å². The predicted octanol–water partition coefficient (Wildman–Crippen LogP) is 3.68. The van der Waals surface area contributed by atoms with Gasteiger partial charge in [0.05, 0.1) is 13.2 Å². The normalized spacial score (nSPS) is 10.2. The molecule has 0 fully saturated rings. The fourth-order valence-corrected chi connectivity index (χ4v) is 1.96. The second-order valence-corrected chi connectivity index (χ2v) is 5.24. The molecule has 1 rings (SSSR count). The zero-order valence-corrected chi connectivity index (χ0v) is 13.4. The average molecular weight is 306 g/mol. The molecule has 0 heterocycles. The third-order valence-electron chi connectivity index (χ3n) is 3.24. The maximum absolute atomic E-state index is 11.5. The molecule has 4 nitrogen and oxygen atoms in total. The molecule has 0 saturated heterocycles. The van der Waals surface area contributed by atoms with E-state index in [0.717, 1.165) is 25.7 Å². The number of benzene rings is 1. The Bertz CT molecular complexity index is 428. The monoisotopic (exact) mass is 306 g/mol. The molecule has 0 unspecified atom stereocenters. The molecule has 0 aliphatic carbocycles. The quantitative estimate of drug-likeness (QED) is 0.462. The van der Waals surface area contributed by atoms with Crippen molar-refractivity contribution in [2.45, 2.75) is 51.9 Å². The van der Waals surface area contributed by atoms with Gasteiger partial charge in [0.25, 0.3) is 0 Å². The van der Waals surface area contributed by atoms with Gasteiger partial charge in [0, 0.05) is 12.8 Å². The summed E-state index contributed by atoms with van der Waals surface area (Å²) in [6.07, 6.45) is 4.64. The third kappa shape index (κ3) is 9.16. The second-order valence-electron chi connectivity index (χ2n) is 5.24. The molecule has 0 amide bonds. The highest BCUT2D eigenvalue weighted by molar-refractivity contribution is 5.72. The van der Waals surface area contributed by atoms with Crippen LogP contribution in [-0.2, 0) is 25.5 Å². The highest BCUT2D eigenvalue weighted by atomic mass is 16.5. The van der Waals surface area contributed by atoms with E-state index in [2.05, 4.69) is 12.1 Å². The Balaban J connectivity index is 1.98. The second kappa shape index (κ2) is 11.8. The summed E-state index contributed by atoms with van der Waals surface area (Å²) in [5.74, 6) is -0.472. The van der Waals surface area contributed by atoms with Gasteiger partial charge in [-0.1, -0.05) is 43.7 Å². The number of hydrogen-bond acceptors (Lipinski definition) is 4. The van der Waals surface area contributed by atoms with Crippen molar-refractivity contribution in [3.63, 3.8) is 0 Å². The van der Waals surface area contributed by atoms with E-state index < -0.39 is 0 Å². The van der Waals surface area contributed by atoms with Crippen LogP contribution in [0, 0.1) is 0 Å². The van der Waals surface area contributed by atoms with Crippen LogP contribution in [0.5, 0.6) is 0 Å². The van der Waals surface area contributed by atoms with Crippen LogP contribution in [0.3, 0.4) is 0 Å². The molecule has 0 aliphatic heterocycles. The number of rotatable bonds is 11. The van der Waals surface area contributed by atoms with Crippen LogP contribution in [0.1, 0.15) is 51.0 Å². The van der Waals surface area contributed by atoms with Crippen molar-refractivity contribution in [2.75, 3.05) is 13.2 Å². The highest BCUT2D eigenvalue weighted by Gasteiger charge is 2.07. The predicted molar refractivity (Wildman–Crippen MR) is 85.4 cm³/mol. The van der Waals surface area contributed by atoms with Crippen LogP contribution in [0.25, 0.3) is 0 Å². The van der Waals surface area contributed by atoms with Crippen LogP contribution in [0.15, 0.2) is 30.3 Å². The van der Waals surface area contributed by atoms with Gasteiger partial charge in [-0.05, 0) is 31.2 Å². The molecule has 0 aromatic heterocycles. The summed E-state index contributed by atoms with van der Waals surface area (Å²) in [5, 5.41) is 0. The molecule has 0 bridgehead atoms. The Morgan fingerprint density at radius 2 is 1.45 bits per heavy atom. The van der Waals surface area contributed by atoms with E-state index in [1.165, 1.54) is 5.56 Å². The fraction of sp³-hybridized carbons (Fsp3) is 0.556. The van der Waals surface area contributed by atoms with Gasteiger partial charge in [0.15, 0.2) is 0 Å². The smallest absolute Gasteiger partial charge is 0.305 e. The summed E-state index contributed by atoms with van der Waals surface area (Å²) in [4.78, 5) is 22.9. The van der Waals surface area contributed by atoms with Gasteiger partial charge in [-0.15, -0.1) is 0 Å². The zero-order valence-electron chi connectivity index (χ0n) is 13.4. The van der Waals surface area contributed by atoms with Crippen LogP contribution in [0.2, 0.25) is 0 Å². The fourth-order valence-electron chi connectivity index (χ4n) is 1.96. The van der Waals surface area contributed by atoms with Crippen molar-refractivity contribution in [1.82, 2.24) is 0 Å². The minimum Gasteiger partial charge on any atom is -0.466 e. The molecule has 0 aliphatic rings.